The molecule has 2 fully saturated rings. The van der Waals surface area contributed by atoms with Gasteiger partial charge < -0.3 is 5.32 Å². The molecular formula is C13H13F4N. The van der Waals surface area contributed by atoms with Crippen LogP contribution >= 0.6 is 0 Å². The van der Waals surface area contributed by atoms with E-state index in [4.69, 9.17) is 0 Å². The first-order valence-electron chi connectivity index (χ1n) is 6.00. The summed E-state index contributed by atoms with van der Waals surface area (Å²) in [7, 11) is 0. The van der Waals surface area contributed by atoms with Crippen molar-refractivity contribution in [1.82, 2.24) is 5.32 Å². The lowest BCUT2D eigenvalue weighted by Crippen LogP contribution is -2.11. The quantitative estimate of drug-likeness (QED) is 0.763. The molecule has 0 bridgehead atoms. The Morgan fingerprint density at radius 3 is 2.61 bits per heavy atom. The van der Waals surface area contributed by atoms with E-state index in [1.54, 1.807) is 0 Å². The second-order valence-corrected chi connectivity index (χ2v) is 5.28. The van der Waals surface area contributed by atoms with Crippen LogP contribution in [0.15, 0.2) is 18.2 Å². The molecule has 1 spiro atoms. The molecule has 1 heterocycles. The maximum absolute atomic E-state index is 13.8. The van der Waals surface area contributed by atoms with Gasteiger partial charge in [0.25, 0.3) is 0 Å². The van der Waals surface area contributed by atoms with Gasteiger partial charge in [0.05, 0.1) is 5.56 Å². The van der Waals surface area contributed by atoms with E-state index in [-0.39, 0.29) is 11.3 Å². The molecule has 1 nitrogen and oxygen atoms in total. The van der Waals surface area contributed by atoms with Crippen LogP contribution in [-0.2, 0) is 6.18 Å². The fourth-order valence-electron chi connectivity index (χ4n) is 3.01. The average molecular weight is 259 g/mol. The molecule has 1 aromatic rings. The summed E-state index contributed by atoms with van der Waals surface area (Å²) < 4.78 is 51.1. The molecule has 2 atom stereocenters. The molecule has 0 radical (unpaired) electrons. The van der Waals surface area contributed by atoms with Crippen LogP contribution < -0.4 is 5.32 Å². The highest BCUT2D eigenvalue weighted by Crippen LogP contribution is 2.63. The molecule has 1 saturated heterocycles. The van der Waals surface area contributed by atoms with E-state index < -0.39 is 17.6 Å². The van der Waals surface area contributed by atoms with E-state index in [0.717, 1.165) is 32.0 Å². The second kappa shape index (κ2) is 3.70. The Balaban J connectivity index is 1.87. The van der Waals surface area contributed by atoms with Gasteiger partial charge in [-0.1, -0.05) is 6.07 Å². The molecule has 0 unspecified atom stereocenters. The first kappa shape index (κ1) is 12.0. The SMILES string of the molecule is Fc1cc(C(F)(F)F)ccc1[C@H]1C[C@]12CCNC2. The van der Waals surface area contributed by atoms with Gasteiger partial charge in [-0.15, -0.1) is 0 Å². The Morgan fingerprint density at radius 2 is 2.06 bits per heavy atom. The first-order chi connectivity index (χ1) is 8.42. The van der Waals surface area contributed by atoms with Gasteiger partial charge in [-0.2, -0.15) is 13.2 Å². The Kier molecular flexibility index (Phi) is 2.46. The standard InChI is InChI=1S/C13H13F4N/c14-11-5-8(13(15,16)17)1-2-9(11)10-6-12(10)3-4-18-7-12/h1-2,5,10,18H,3-4,6-7H2/t10-,12+/m1/s1. The first-order valence-corrected chi connectivity index (χ1v) is 6.00. The zero-order valence-electron chi connectivity index (χ0n) is 9.65. The molecule has 0 aromatic heterocycles. The van der Waals surface area contributed by atoms with E-state index in [1.165, 1.54) is 6.07 Å². The van der Waals surface area contributed by atoms with Crippen LogP contribution in [0.4, 0.5) is 17.6 Å². The minimum Gasteiger partial charge on any atom is -0.316 e. The Labute approximate surface area is 102 Å². The topological polar surface area (TPSA) is 12.0 Å². The van der Waals surface area contributed by atoms with Crippen LogP contribution in [-0.4, -0.2) is 13.1 Å². The minimum atomic E-state index is -4.48. The van der Waals surface area contributed by atoms with Gasteiger partial charge >= 0.3 is 6.18 Å². The summed E-state index contributed by atoms with van der Waals surface area (Å²) in [4.78, 5) is 0. The molecule has 2 aliphatic rings. The third-order valence-electron chi connectivity index (χ3n) is 4.17. The lowest BCUT2D eigenvalue weighted by atomic mass is 9.97. The van der Waals surface area contributed by atoms with E-state index in [2.05, 4.69) is 5.32 Å². The molecule has 98 valence electrons. The summed E-state index contributed by atoms with van der Waals surface area (Å²) in [6.45, 7) is 1.76. The van der Waals surface area contributed by atoms with Crippen LogP contribution in [0.1, 0.15) is 29.9 Å². The molecule has 1 saturated carbocycles. The highest BCUT2D eigenvalue weighted by molar-refractivity contribution is 5.35. The van der Waals surface area contributed by atoms with E-state index >= 15 is 0 Å². The van der Waals surface area contributed by atoms with Crippen molar-refractivity contribution in [2.45, 2.75) is 24.9 Å². The van der Waals surface area contributed by atoms with Gasteiger partial charge in [0.1, 0.15) is 5.82 Å². The maximum Gasteiger partial charge on any atom is 0.416 e. The number of rotatable bonds is 1. The highest BCUT2D eigenvalue weighted by Gasteiger charge is 2.56. The summed E-state index contributed by atoms with van der Waals surface area (Å²) in [6.07, 6.45) is -2.62. The normalized spacial score (nSPS) is 31.0. The molecule has 1 aromatic carbocycles. The van der Waals surface area contributed by atoms with Crippen LogP contribution in [0.25, 0.3) is 0 Å². The molecule has 1 N–H and O–H groups in total. The monoisotopic (exact) mass is 259 g/mol. The molecule has 1 aliphatic heterocycles. The molecule has 18 heavy (non-hydrogen) atoms. The zero-order chi connectivity index (χ0) is 13.0. The van der Waals surface area contributed by atoms with Crippen molar-refractivity contribution >= 4 is 0 Å². The number of benzene rings is 1. The summed E-state index contributed by atoms with van der Waals surface area (Å²) in [5, 5.41) is 3.23. The predicted octanol–water partition coefficient (Wildman–Crippen LogP) is 3.31. The third-order valence-corrected chi connectivity index (χ3v) is 4.17. The van der Waals surface area contributed by atoms with Gasteiger partial charge in [0, 0.05) is 6.54 Å². The van der Waals surface area contributed by atoms with Gasteiger partial charge in [-0.3, -0.25) is 0 Å². The molecular weight excluding hydrogens is 246 g/mol. The summed E-state index contributed by atoms with van der Waals surface area (Å²) in [5.41, 5.74) is -0.379. The van der Waals surface area contributed by atoms with Gasteiger partial charge in [0.2, 0.25) is 0 Å². The summed E-state index contributed by atoms with van der Waals surface area (Å²) in [5.74, 6) is -0.645. The number of alkyl halides is 3. The smallest absolute Gasteiger partial charge is 0.316 e. The molecule has 1 aliphatic carbocycles. The van der Waals surface area contributed by atoms with Crippen LogP contribution in [0.2, 0.25) is 0 Å². The molecule has 3 rings (SSSR count). The number of hydrogen-bond donors (Lipinski definition) is 1. The average Bonchev–Trinajstić information content (AvgIpc) is 2.75. The van der Waals surface area contributed by atoms with Crippen LogP contribution in [0, 0.1) is 11.2 Å². The highest BCUT2D eigenvalue weighted by atomic mass is 19.4. The van der Waals surface area contributed by atoms with Gasteiger partial charge in [-0.25, -0.2) is 4.39 Å². The Morgan fingerprint density at radius 1 is 1.28 bits per heavy atom. The lowest BCUT2D eigenvalue weighted by molar-refractivity contribution is -0.137. The van der Waals surface area contributed by atoms with E-state index in [9.17, 15) is 17.6 Å². The fraction of sp³-hybridized carbons (Fsp3) is 0.538. The van der Waals surface area contributed by atoms with Crippen LogP contribution in [0.5, 0.6) is 0 Å². The lowest BCUT2D eigenvalue weighted by Gasteiger charge is -2.11. The minimum absolute atomic E-state index is 0.0785. The number of hydrogen-bond acceptors (Lipinski definition) is 1. The zero-order valence-corrected chi connectivity index (χ0v) is 9.65. The van der Waals surface area contributed by atoms with Crippen molar-refractivity contribution in [3.8, 4) is 0 Å². The third kappa shape index (κ3) is 1.81. The number of nitrogens with one attached hydrogen (secondary N) is 1. The summed E-state index contributed by atoms with van der Waals surface area (Å²) >= 11 is 0. The Hall–Kier alpha value is -1.10. The van der Waals surface area contributed by atoms with Gasteiger partial charge in [0.15, 0.2) is 0 Å². The molecule has 0 amide bonds. The van der Waals surface area contributed by atoms with Crippen molar-refractivity contribution in [2.75, 3.05) is 13.1 Å². The Bertz CT molecular complexity index is 474. The van der Waals surface area contributed by atoms with Crippen LogP contribution in [0.3, 0.4) is 0 Å². The maximum atomic E-state index is 13.8. The van der Waals surface area contributed by atoms with Gasteiger partial charge in [-0.05, 0) is 48.4 Å². The fourth-order valence-corrected chi connectivity index (χ4v) is 3.01. The van der Waals surface area contributed by atoms with Crippen molar-refractivity contribution in [3.63, 3.8) is 0 Å². The van der Waals surface area contributed by atoms with Crippen molar-refractivity contribution < 1.29 is 17.6 Å². The van der Waals surface area contributed by atoms with Crippen molar-refractivity contribution in [2.24, 2.45) is 5.41 Å². The number of halogens is 4. The largest absolute Gasteiger partial charge is 0.416 e. The predicted molar refractivity (Wildman–Crippen MR) is 58.7 cm³/mol. The van der Waals surface area contributed by atoms with E-state index in [0.29, 0.717) is 11.6 Å². The second-order valence-electron chi connectivity index (χ2n) is 5.28. The van der Waals surface area contributed by atoms with Crippen molar-refractivity contribution in [3.05, 3.63) is 35.1 Å². The molecule has 5 heteroatoms. The van der Waals surface area contributed by atoms with Crippen molar-refractivity contribution in [1.29, 1.82) is 0 Å². The van der Waals surface area contributed by atoms with E-state index in [1.807, 2.05) is 0 Å². The summed E-state index contributed by atoms with van der Waals surface area (Å²) in [6, 6.07) is 2.90.